The Morgan fingerprint density at radius 2 is 2.11 bits per heavy atom. The second kappa shape index (κ2) is 5.12. The average Bonchev–Trinajstić information content (AvgIpc) is 2.84. The van der Waals surface area contributed by atoms with E-state index < -0.39 is 6.10 Å². The van der Waals surface area contributed by atoms with Crippen LogP contribution < -0.4 is 0 Å². The molecule has 0 radical (unpaired) electrons. The van der Waals surface area contributed by atoms with Crippen molar-refractivity contribution < 1.29 is 5.11 Å². The maximum absolute atomic E-state index is 10.6. The minimum absolute atomic E-state index is 0.00725. The molecular formula is C15H13Cl2NO. The zero-order chi connectivity index (χ0) is 13.4. The van der Waals surface area contributed by atoms with Crippen LogP contribution in [0.5, 0.6) is 0 Å². The number of rotatable bonds is 2. The zero-order valence-electron chi connectivity index (χ0n) is 10.2. The Morgan fingerprint density at radius 3 is 2.95 bits per heavy atom. The molecule has 1 aliphatic rings. The lowest BCUT2D eigenvalue weighted by molar-refractivity contribution is 0.143. The Kier molecular flexibility index (Phi) is 3.48. The standard InChI is InChI=1S/C15H13Cl2NO/c16-10-4-6-13(17)12(8-10)15(19)11-5-3-9-2-1-7-18-14(9)11/h1-2,4,6-8,11,15,19H,3,5H2. The molecule has 1 aromatic heterocycles. The molecule has 1 aromatic carbocycles. The molecule has 1 aliphatic carbocycles. The molecule has 1 N–H and O–H groups in total. The zero-order valence-corrected chi connectivity index (χ0v) is 11.7. The third-order valence-electron chi connectivity index (χ3n) is 3.66. The van der Waals surface area contributed by atoms with Crippen molar-refractivity contribution in [3.8, 4) is 0 Å². The van der Waals surface area contributed by atoms with Crippen molar-refractivity contribution in [1.82, 2.24) is 4.98 Å². The van der Waals surface area contributed by atoms with Crippen LogP contribution in [0.1, 0.15) is 35.3 Å². The van der Waals surface area contributed by atoms with Gasteiger partial charge in [-0.3, -0.25) is 4.98 Å². The molecule has 0 aliphatic heterocycles. The van der Waals surface area contributed by atoms with Crippen molar-refractivity contribution in [3.05, 3.63) is 63.4 Å². The third-order valence-corrected chi connectivity index (χ3v) is 4.24. The fourth-order valence-corrected chi connectivity index (χ4v) is 3.12. The number of nitrogens with zero attached hydrogens (tertiary/aromatic N) is 1. The van der Waals surface area contributed by atoms with Crippen LogP contribution in [0.2, 0.25) is 10.0 Å². The molecule has 2 unspecified atom stereocenters. The summed E-state index contributed by atoms with van der Waals surface area (Å²) in [6.07, 6.45) is 2.94. The molecule has 0 saturated carbocycles. The normalized spacial score (nSPS) is 19.2. The number of aliphatic hydroxyl groups is 1. The summed E-state index contributed by atoms with van der Waals surface area (Å²) in [4.78, 5) is 4.40. The second-order valence-corrected chi connectivity index (χ2v) is 5.65. The van der Waals surface area contributed by atoms with Gasteiger partial charge in [0.05, 0.1) is 6.10 Å². The van der Waals surface area contributed by atoms with Gasteiger partial charge < -0.3 is 5.11 Å². The van der Waals surface area contributed by atoms with Crippen LogP contribution >= 0.6 is 23.2 Å². The van der Waals surface area contributed by atoms with Gasteiger partial charge in [-0.1, -0.05) is 29.3 Å². The summed E-state index contributed by atoms with van der Waals surface area (Å²) in [5, 5.41) is 11.7. The number of hydrogen-bond acceptors (Lipinski definition) is 2. The van der Waals surface area contributed by atoms with Crippen LogP contribution in [0.3, 0.4) is 0 Å². The largest absolute Gasteiger partial charge is 0.388 e. The Hall–Kier alpha value is -1.09. The molecule has 0 saturated heterocycles. The highest BCUT2D eigenvalue weighted by atomic mass is 35.5. The van der Waals surface area contributed by atoms with Crippen molar-refractivity contribution in [1.29, 1.82) is 0 Å². The van der Waals surface area contributed by atoms with Gasteiger partial charge in [0, 0.05) is 33.4 Å². The molecule has 0 amide bonds. The maximum atomic E-state index is 10.6. The van der Waals surface area contributed by atoms with E-state index in [-0.39, 0.29) is 5.92 Å². The average molecular weight is 294 g/mol. The predicted octanol–water partition coefficient (Wildman–Crippen LogP) is 4.15. The van der Waals surface area contributed by atoms with Gasteiger partial charge in [-0.25, -0.2) is 0 Å². The van der Waals surface area contributed by atoms with E-state index in [2.05, 4.69) is 11.1 Å². The van der Waals surface area contributed by atoms with Gasteiger partial charge in [0.1, 0.15) is 0 Å². The first-order valence-corrected chi connectivity index (χ1v) is 6.99. The molecule has 0 bridgehead atoms. The minimum atomic E-state index is -0.664. The summed E-state index contributed by atoms with van der Waals surface area (Å²) in [6, 6.07) is 9.17. The van der Waals surface area contributed by atoms with Crippen LogP contribution in [0.4, 0.5) is 0 Å². The van der Waals surface area contributed by atoms with E-state index in [1.54, 1.807) is 24.4 Å². The van der Waals surface area contributed by atoms with E-state index in [1.165, 1.54) is 5.56 Å². The van der Waals surface area contributed by atoms with Gasteiger partial charge in [-0.05, 0) is 42.7 Å². The minimum Gasteiger partial charge on any atom is -0.388 e. The molecule has 98 valence electrons. The van der Waals surface area contributed by atoms with Crippen molar-refractivity contribution in [2.45, 2.75) is 24.9 Å². The van der Waals surface area contributed by atoms with Crippen LogP contribution in [0.25, 0.3) is 0 Å². The van der Waals surface area contributed by atoms with E-state index in [0.29, 0.717) is 15.6 Å². The monoisotopic (exact) mass is 293 g/mol. The summed E-state index contributed by atoms with van der Waals surface area (Å²) < 4.78 is 0. The molecule has 4 heteroatoms. The van der Waals surface area contributed by atoms with E-state index in [4.69, 9.17) is 23.2 Å². The lowest BCUT2D eigenvalue weighted by Gasteiger charge is -2.20. The maximum Gasteiger partial charge on any atom is 0.0888 e. The number of fused-ring (bicyclic) bond motifs is 1. The number of halogens is 2. The molecule has 2 aromatic rings. The van der Waals surface area contributed by atoms with Gasteiger partial charge in [0.25, 0.3) is 0 Å². The first-order valence-electron chi connectivity index (χ1n) is 6.23. The SMILES string of the molecule is OC(c1cc(Cl)ccc1Cl)C1CCc2cccnc21. The van der Waals surface area contributed by atoms with Crippen molar-refractivity contribution in [2.75, 3.05) is 0 Å². The van der Waals surface area contributed by atoms with Crippen LogP contribution in [-0.2, 0) is 6.42 Å². The number of pyridine rings is 1. The number of aryl methyl sites for hydroxylation is 1. The van der Waals surface area contributed by atoms with E-state index >= 15 is 0 Å². The summed E-state index contributed by atoms with van der Waals surface area (Å²) in [7, 11) is 0. The first-order chi connectivity index (χ1) is 9.16. The number of aliphatic hydroxyl groups excluding tert-OH is 1. The summed E-state index contributed by atoms with van der Waals surface area (Å²) in [5.41, 5.74) is 2.87. The van der Waals surface area contributed by atoms with Crippen molar-refractivity contribution >= 4 is 23.2 Å². The van der Waals surface area contributed by atoms with Crippen molar-refractivity contribution in [3.63, 3.8) is 0 Å². The lowest BCUT2D eigenvalue weighted by Crippen LogP contribution is -2.10. The van der Waals surface area contributed by atoms with Crippen LogP contribution in [0.15, 0.2) is 36.5 Å². The molecule has 3 rings (SSSR count). The van der Waals surface area contributed by atoms with Crippen LogP contribution in [-0.4, -0.2) is 10.1 Å². The highest BCUT2D eigenvalue weighted by Gasteiger charge is 2.31. The van der Waals surface area contributed by atoms with E-state index in [1.807, 2.05) is 6.07 Å². The molecular weight excluding hydrogens is 281 g/mol. The molecule has 0 spiro atoms. The molecule has 1 heterocycles. The molecule has 0 fully saturated rings. The summed E-state index contributed by atoms with van der Waals surface area (Å²) >= 11 is 12.1. The third kappa shape index (κ3) is 2.36. The fraction of sp³-hybridized carbons (Fsp3) is 0.267. The highest BCUT2D eigenvalue weighted by molar-refractivity contribution is 6.33. The molecule has 2 atom stereocenters. The van der Waals surface area contributed by atoms with Crippen molar-refractivity contribution in [2.24, 2.45) is 0 Å². The molecule has 19 heavy (non-hydrogen) atoms. The summed E-state index contributed by atoms with van der Waals surface area (Å²) in [5.74, 6) is -0.00725. The Labute approximate surface area is 122 Å². The van der Waals surface area contributed by atoms with Gasteiger partial charge in [0.15, 0.2) is 0 Å². The van der Waals surface area contributed by atoms with Gasteiger partial charge in [-0.15, -0.1) is 0 Å². The van der Waals surface area contributed by atoms with Gasteiger partial charge in [-0.2, -0.15) is 0 Å². The second-order valence-electron chi connectivity index (χ2n) is 4.80. The topological polar surface area (TPSA) is 33.1 Å². The predicted molar refractivity (Wildman–Crippen MR) is 76.7 cm³/mol. The Bertz CT molecular complexity index is 615. The number of hydrogen-bond donors (Lipinski definition) is 1. The molecule has 2 nitrogen and oxygen atoms in total. The Morgan fingerprint density at radius 1 is 1.26 bits per heavy atom. The Balaban J connectivity index is 1.97. The summed E-state index contributed by atoms with van der Waals surface area (Å²) in [6.45, 7) is 0. The first kappa shape index (κ1) is 12.9. The highest BCUT2D eigenvalue weighted by Crippen LogP contribution is 2.42. The smallest absolute Gasteiger partial charge is 0.0888 e. The fourth-order valence-electron chi connectivity index (χ4n) is 2.71. The van der Waals surface area contributed by atoms with E-state index in [9.17, 15) is 5.11 Å². The number of benzene rings is 1. The van der Waals surface area contributed by atoms with E-state index in [0.717, 1.165) is 18.5 Å². The van der Waals surface area contributed by atoms with Gasteiger partial charge in [0.2, 0.25) is 0 Å². The van der Waals surface area contributed by atoms with Gasteiger partial charge >= 0.3 is 0 Å². The van der Waals surface area contributed by atoms with Crippen LogP contribution in [0, 0.1) is 0 Å². The quantitative estimate of drug-likeness (QED) is 0.902. The number of aromatic nitrogens is 1. The lowest BCUT2D eigenvalue weighted by atomic mass is 9.93.